The summed E-state index contributed by atoms with van der Waals surface area (Å²) < 4.78 is 7.21. The molecule has 1 fully saturated rings. The Labute approximate surface area is 120 Å². The van der Waals surface area contributed by atoms with E-state index in [1.165, 1.54) is 13.3 Å². The van der Waals surface area contributed by atoms with Gasteiger partial charge in [0.25, 0.3) is 0 Å². The van der Waals surface area contributed by atoms with Gasteiger partial charge in [-0.3, -0.25) is 0 Å². The third-order valence-electron chi connectivity index (χ3n) is 4.02. The first-order valence-electron chi connectivity index (χ1n) is 6.62. The van der Waals surface area contributed by atoms with Crippen LogP contribution in [0.1, 0.15) is 18.7 Å². The number of aliphatic hydroxyl groups is 3. The average molecular weight is 294 g/mol. The van der Waals surface area contributed by atoms with Crippen molar-refractivity contribution < 1.29 is 20.1 Å². The van der Waals surface area contributed by atoms with E-state index >= 15 is 0 Å². The van der Waals surface area contributed by atoms with E-state index < -0.39 is 24.0 Å². The van der Waals surface area contributed by atoms with Gasteiger partial charge in [-0.2, -0.15) is 0 Å². The third-order valence-corrected chi connectivity index (χ3v) is 4.02. The van der Waals surface area contributed by atoms with Gasteiger partial charge < -0.3 is 30.4 Å². The van der Waals surface area contributed by atoms with Crippen molar-refractivity contribution in [3.8, 4) is 0 Å². The Bertz CT molecular complexity index is 684. The van der Waals surface area contributed by atoms with Crippen LogP contribution in [0.15, 0.2) is 12.5 Å². The van der Waals surface area contributed by atoms with Crippen molar-refractivity contribution in [1.29, 1.82) is 0 Å². The van der Waals surface area contributed by atoms with Crippen LogP contribution in [-0.2, 0) is 4.74 Å². The van der Waals surface area contributed by atoms with Gasteiger partial charge in [-0.15, -0.1) is 0 Å². The topological polar surface area (TPSA) is 127 Å². The summed E-state index contributed by atoms with van der Waals surface area (Å²) in [7, 11) is 0. The van der Waals surface area contributed by atoms with Crippen LogP contribution in [0.2, 0.25) is 0 Å². The monoisotopic (exact) mass is 294 g/mol. The molecule has 3 heterocycles. The number of anilines is 1. The van der Waals surface area contributed by atoms with E-state index in [4.69, 9.17) is 10.5 Å². The predicted molar refractivity (Wildman–Crippen MR) is 74.3 cm³/mol. The Balaban J connectivity index is 2.15. The Morgan fingerprint density at radius 2 is 2.19 bits per heavy atom. The third kappa shape index (κ3) is 1.91. The van der Waals surface area contributed by atoms with Crippen LogP contribution in [0.5, 0.6) is 0 Å². The summed E-state index contributed by atoms with van der Waals surface area (Å²) in [5.41, 5.74) is 5.64. The molecule has 0 spiro atoms. The summed E-state index contributed by atoms with van der Waals surface area (Å²) in [6.45, 7) is 2.93. The highest BCUT2D eigenvalue weighted by Gasteiger charge is 2.53. The molecule has 1 saturated heterocycles. The molecule has 0 radical (unpaired) electrons. The number of aromatic nitrogens is 3. The minimum atomic E-state index is -1.56. The smallest absolute Gasteiger partial charge is 0.167 e. The number of aliphatic hydroxyl groups excluding tert-OH is 2. The van der Waals surface area contributed by atoms with Gasteiger partial charge in [-0.05, 0) is 19.4 Å². The molecule has 0 aliphatic carbocycles. The van der Waals surface area contributed by atoms with Gasteiger partial charge in [0.1, 0.15) is 35.6 Å². The largest absolute Gasteiger partial charge is 0.394 e. The standard InChI is InChI=1S/C13H18N4O4/c1-6-3-17(11-8(6)10(14)15-5-16-11)12-13(2,20)9(19)7(4-18)21-12/h3,5,7,9,12,18-20H,4H2,1-2H3,(H2,14,15,16)/t7-,9-,12?,13-/m1/s1. The lowest BCUT2D eigenvalue weighted by Gasteiger charge is -2.27. The van der Waals surface area contributed by atoms with Gasteiger partial charge in [-0.1, -0.05) is 0 Å². The van der Waals surface area contributed by atoms with E-state index in [1.54, 1.807) is 10.8 Å². The molecule has 2 aromatic rings. The van der Waals surface area contributed by atoms with Crippen molar-refractivity contribution in [2.75, 3.05) is 12.3 Å². The number of ether oxygens (including phenoxy) is 1. The first-order valence-corrected chi connectivity index (χ1v) is 6.62. The molecule has 0 bridgehead atoms. The molecule has 0 amide bonds. The zero-order valence-corrected chi connectivity index (χ0v) is 11.8. The van der Waals surface area contributed by atoms with Crippen molar-refractivity contribution in [2.24, 2.45) is 0 Å². The minimum absolute atomic E-state index is 0.341. The molecule has 3 rings (SSSR count). The zero-order chi connectivity index (χ0) is 15.4. The Kier molecular flexibility index (Phi) is 3.14. The molecule has 5 N–H and O–H groups in total. The molecule has 0 aromatic carbocycles. The average Bonchev–Trinajstić information content (AvgIpc) is 2.87. The molecular weight excluding hydrogens is 276 g/mol. The predicted octanol–water partition coefficient (Wildman–Crippen LogP) is -0.676. The number of aryl methyl sites for hydroxylation is 1. The molecule has 0 saturated carbocycles. The number of nitrogen functional groups attached to an aromatic ring is 1. The number of hydrogen-bond acceptors (Lipinski definition) is 7. The fourth-order valence-corrected chi connectivity index (χ4v) is 2.87. The summed E-state index contributed by atoms with van der Waals surface area (Å²) >= 11 is 0. The zero-order valence-electron chi connectivity index (χ0n) is 11.8. The van der Waals surface area contributed by atoms with Gasteiger partial charge >= 0.3 is 0 Å². The second-order valence-electron chi connectivity index (χ2n) is 5.56. The van der Waals surface area contributed by atoms with Crippen molar-refractivity contribution >= 4 is 16.9 Å². The summed E-state index contributed by atoms with van der Waals surface area (Å²) in [5.74, 6) is 0.341. The molecular formula is C13H18N4O4. The summed E-state index contributed by atoms with van der Waals surface area (Å²) in [6.07, 6.45) is 0.125. The molecule has 114 valence electrons. The lowest BCUT2D eigenvalue weighted by atomic mass is 9.96. The molecule has 21 heavy (non-hydrogen) atoms. The van der Waals surface area contributed by atoms with Crippen LogP contribution < -0.4 is 5.73 Å². The van der Waals surface area contributed by atoms with Crippen molar-refractivity contribution in [3.63, 3.8) is 0 Å². The first kappa shape index (κ1) is 14.2. The van der Waals surface area contributed by atoms with Crippen molar-refractivity contribution in [2.45, 2.75) is 37.9 Å². The lowest BCUT2D eigenvalue weighted by molar-refractivity contribution is -0.0948. The Morgan fingerprint density at radius 3 is 2.81 bits per heavy atom. The van der Waals surface area contributed by atoms with Crippen LogP contribution >= 0.6 is 0 Å². The number of rotatable bonds is 2. The van der Waals surface area contributed by atoms with E-state index in [-0.39, 0.29) is 6.61 Å². The number of nitrogens with zero attached hydrogens (tertiary/aromatic N) is 3. The summed E-state index contributed by atoms with van der Waals surface area (Å²) in [5, 5.41) is 30.5. The lowest BCUT2D eigenvalue weighted by Crippen LogP contribution is -2.44. The van der Waals surface area contributed by atoms with E-state index in [0.717, 1.165) is 5.56 Å². The van der Waals surface area contributed by atoms with E-state index in [9.17, 15) is 15.3 Å². The molecule has 8 nitrogen and oxygen atoms in total. The van der Waals surface area contributed by atoms with Gasteiger partial charge in [0, 0.05) is 6.20 Å². The van der Waals surface area contributed by atoms with E-state index in [0.29, 0.717) is 16.9 Å². The Morgan fingerprint density at radius 1 is 1.48 bits per heavy atom. The minimum Gasteiger partial charge on any atom is -0.394 e. The highest BCUT2D eigenvalue weighted by Crippen LogP contribution is 2.40. The summed E-state index contributed by atoms with van der Waals surface area (Å²) in [6, 6.07) is 0. The molecule has 4 atom stereocenters. The highest BCUT2D eigenvalue weighted by atomic mass is 16.6. The normalized spacial score (nSPS) is 32.9. The second-order valence-corrected chi connectivity index (χ2v) is 5.56. The van der Waals surface area contributed by atoms with Crippen LogP contribution in [0.25, 0.3) is 11.0 Å². The number of nitrogens with two attached hydrogens (primary N) is 1. The maximum absolute atomic E-state index is 10.5. The molecule has 1 unspecified atom stereocenters. The summed E-state index contributed by atoms with van der Waals surface area (Å²) in [4.78, 5) is 8.14. The maximum Gasteiger partial charge on any atom is 0.167 e. The van der Waals surface area contributed by atoms with Crippen LogP contribution in [0.3, 0.4) is 0 Å². The Hall–Kier alpha value is -1.74. The van der Waals surface area contributed by atoms with E-state index in [1.807, 2.05) is 6.92 Å². The quantitative estimate of drug-likeness (QED) is 0.578. The van der Waals surface area contributed by atoms with Crippen LogP contribution in [-0.4, -0.2) is 54.3 Å². The molecule has 1 aliphatic heterocycles. The van der Waals surface area contributed by atoms with E-state index in [2.05, 4.69) is 9.97 Å². The maximum atomic E-state index is 10.5. The van der Waals surface area contributed by atoms with Crippen LogP contribution in [0, 0.1) is 6.92 Å². The SMILES string of the molecule is Cc1cn(C2O[C@H](CO)[C@@H](O)[C@@]2(C)O)c2ncnc(N)c12. The molecule has 2 aromatic heterocycles. The first-order chi connectivity index (χ1) is 9.87. The van der Waals surface area contributed by atoms with Crippen molar-refractivity contribution in [1.82, 2.24) is 14.5 Å². The van der Waals surface area contributed by atoms with Gasteiger partial charge in [-0.25, -0.2) is 9.97 Å². The highest BCUT2D eigenvalue weighted by molar-refractivity contribution is 5.89. The van der Waals surface area contributed by atoms with Gasteiger partial charge in [0.05, 0.1) is 12.0 Å². The fourth-order valence-electron chi connectivity index (χ4n) is 2.87. The van der Waals surface area contributed by atoms with Gasteiger partial charge in [0.2, 0.25) is 0 Å². The fraction of sp³-hybridized carbons (Fsp3) is 0.538. The number of fused-ring (bicyclic) bond motifs is 1. The van der Waals surface area contributed by atoms with Gasteiger partial charge in [0.15, 0.2) is 6.23 Å². The molecule has 8 heteroatoms. The molecule has 1 aliphatic rings. The second kappa shape index (κ2) is 4.63. The van der Waals surface area contributed by atoms with Crippen molar-refractivity contribution in [3.05, 3.63) is 18.1 Å². The number of hydrogen-bond donors (Lipinski definition) is 4. The van der Waals surface area contributed by atoms with Crippen LogP contribution in [0.4, 0.5) is 5.82 Å².